The predicted molar refractivity (Wildman–Crippen MR) is 117 cm³/mol. The number of likely N-dealkylation sites (tertiary alicyclic amines) is 1. The Balaban J connectivity index is 0.00000288. The molecule has 0 amide bonds. The van der Waals surface area contributed by atoms with E-state index in [0.717, 1.165) is 19.0 Å². The summed E-state index contributed by atoms with van der Waals surface area (Å²) in [5.74, 6) is 1.51. The first-order valence-corrected chi connectivity index (χ1v) is 9.59. The highest BCUT2D eigenvalue weighted by Gasteiger charge is 2.31. The summed E-state index contributed by atoms with van der Waals surface area (Å²) in [6.45, 7) is 11.6. The number of piperidine rings is 1. The molecule has 0 aromatic carbocycles. The van der Waals surface area contributed by atoms with Crippen molar-refractivity contribution in [3.63, 3.8) is 0 Å². The van der Waals surface area contributed by atoms with Gasteiger partial charge in [-0.25, -0.2) is 0 Å². The Morgan fingerprint density at radius 1 is 1.42 bits per heavy atom. The number of halogens is 1. The maximum absolute atomic E-state index is 4.89. The van der Waals surface area contributed by atoms with E-state index < -0.39 is 0 Å². The molecular formula is C18H33IN4S. The van der Waals surface area contributed by atoms with Gasteiger partial charge in [0, 0.05) is 29.5 Å². The lowest BCUT2D eigenvalue weighted by molar-refractivity contribution is 0.128. The van der Waals surface area contributed by atoms with Crippen LogP contribution in [0.1, 0.15) is 51.5 Å². The van der Waals surface area contributed by atoms with Gasteiger partial charge in [0.1, 0.15) is 0 Å². The molecule has 1 aliphatic heterocycles. The monoisotopic (exact) mass is 464 g/mol. The van der Waals surface area contributed by atoms with E-state index in [1.807, 2.05) is 11.3 Å². The first-order valence-electron chi connectivity index (χ1n) is 8.71. The lowest BCUT2D eigenvalue weighted by Crippen LogP contribution is -2.48. The minimum Gasteiger partial charge on any atom is -0.357 e. The van der Waals surface area contributed by atoms with Gasteiger partial charge >= 0.3 is 0 Å². The molecule has 1 fully saturated rings. The van der Waals surface area contributed by atoms with Crippen molar-refractivity contribution in [3.05, 3.63) is 22.4 Å². The Hall–Kier alpha value is -0.340. The number of guanidine groups is 1. The molecule has 0 aliphatic carbocycles. The van der Waals surface area contributed by atoms with E-state index in [0.29, 0.717) is 12.0 Å². The topological polar surface area (TPSA) is 39.7 Å². The summed E-state index contributed by atoms with van der Waals surface area (Å²) in [6.07, 6.45) is 2.52. The molecule has 6 heteroatoms. The largest absolute Gasteiger partial charge is 0.357 e. The normalized spacial score (nSPS) is 22.8. The van der Waals surface area contributed by atoms with Crippen LogP contribution in [-0.2, 0) is 0 Å². The second-order valence-electron chi connectivity index (χ2n) is 7.44. The summed E-state index contributed by atoms with van der Waals surface area (Å²) in [4.78, 5) is 8.86. The SMILES string of the molecule is CCNC(=NCC1CCCN(C)C1c1cccs1)NC(C)(C)C.I. The van der Waals surface area contributed by atoms with Crippen LogP contribution in [0.2, 0.25) is 0 Å². The third kappa shape index (κ3) is 6.52. The van der Waals surface area contributed by atoms with Crippen LogP contribution in [-0.4, -0.2) is 43.1 Å². The highest BCUT2D eigenvalue weighted by atomic mass is 127. The quantitative estimate of drug-likeness (QED) is 0.401. The van der Waals surface area contributed by atoms with Crippen LogP contribution in [0.25, 0.3) is 0 Å². The van der Waals surface area contributed by atoms with Crippen LogP contribution in [0.4, 0.5) is 0 Å². The zero-order valence-corrected chi connectivity index (χ0v) is 18.8. The van der Waals surface area contributed by atoms with E-state index in [4.69, 9.17) is 4.99 Å². The Morgan fingerprint density at radius 3 is 2.75 bits per heavy atom. The first kappa shape index (κ1) is 21.7. The molecule has 0 bridgehead atoms. The minimum absolute atomic E-state index is 0. The Kier molecular flexibility index (Phi) is 9.01. The van der Waals surface area contributed by atoms with E-state index in [9.17, 15) is 0 Å². The third-order valence-electron chi connectivity index (χ3n) is 4.16. The van der Waals surface area contributed by atoms with E-state index in [2.05, 4.69) is 67.8 Å². The molecule has 138 valence electrons. The number of aliphatic imine (C=N–C) groups is 1. The number of nitrogens with zero attached hydrogens (tertiary/aromatic N) is 2. The van der Waals surface area contributed by atoms with E-state index in [1.54, 1.807) is 0 Å². The molecule has 1 aromatic rings. The molecular weight excluding hydrogens is 431 g/mol. The number of thiophene rings is 1. The Labute approximate surface area is 168 Å². The van der Waals surface area contributed by atoms with E-state index in [-0.39, 0.29) is 29.5 Å². The van der Waals surface area contributed by atoms with Crippen LogP contribution >= 0.6 is 35.3 Å². The Bertz CT molecular complexity index is 496. The van der Waals surface area contributed by atoms with Crippen molar-refractivity contribution in [1.29, 1.82) is 0 Å². The van der Waals surface area contributed by atoms with Gasteiger partial charge in [0.15, 0.2) is 5.96 Å². The fourth-order valence-corrected chi connectivity index (χ4v) is 4.21. The van der Waals surface area contributed by atoms with Crippen molar-refractivity contribution in [2.24, 2.45) is 10.9 Å². The highest BCUT2D eigenvalue weighted by Crippen LogP contribution is 2.37. The minimum atomic E-state index is 0. The smallest absolute Gasteiger partial charge is 0.191 e. The van der Waals surface area contributed by atoms with Crippen LogP contribution in [0.3, 0.4) is 0 Å². The summed E-state index contributed by atoms with van der Waals surface area (Å²) in [5.41, 5.74) is 0.0253. The molecule has 2 N–H and O–H groups in total. The fraction of sp³-hybridized carbons (Fsp3) is 0.722. The number of hydrogen-bond donors (Lipinski definition) is 2. The van der Waals surface area contributed by atoms with Crippen molar-refractivity contribution in [2.45, 2.75) is 52.1 Å². The van der Waals surface area contributed by atoms with Crippen molar-refractivity contribution >= 4 is 41.3 Å². The van der Waals surface area contributed by atoms with Gasteiger partial charge < -0.3 is 10.6 Å². The van der Waals surface area contributed by atoms with Crippen LogP contribution < -0.4 is 10.6 Å². The fourth-order valence-electron chi connectivity index (χ4n) is 3.23. The van der Waals surface area contributed by atoms with Crippen molar-refractivity contribution < 1.29 is 0 Å². The molecule has 2 rings (SSSR count). The van der Waals surface area contributed by atoms with Crippen LogP contribution in [0.15, 0.2) is 22.5 Å². The molecule has 24 heavy (non-hydrogen) atoms. The first-order chi connectivity index (χ1) is 10.9. The summed E-state index contributed by atoms with van der Waals surface area (Å²) in [7, 11) is 2.25. The molecule has 1 aliphatic rings. The predicted octanol–water partition coefficient (Wildman–Crippen LogP) is 4.10. The zero-order valence-electron chi connectivity index (χ0n) is 15.6. The number of nitrogens with one attached hydrogen (secondary N) is 2. The third-order valence-corrected chi connectivity index (χ3v) is 5.11. The molecule has 2 heterocycles. The number of hydrogen-bond acceptors (Lipinski definition) is 3. The molecule has 0 spiro atoms. The zero-order chi connectivity index (χ0) is 16.9. The van der Waals surface area contributed by atoms with Crippen molar-refractivity contribution in [2.75, 3.05) is 26.7 Å². The molecule has 1 aromatic heterocycles. The van der Waals surface area contributed by atoms with Gasteiger partial charge in [0.25, 0.3) is 0 Å². The van der Waals surface area contributed by atoms with Crippen LogP contribution in [0, 0.1) is 5.92 Å². The lowest BCUT2D eigenvalue weighted by Gasteiger charge is -2.38. The molecule has 2 atom stereocenters. The summed E-state index contributed by atoms with van der Waals surface area (Å²) in [6, 6.07) is 4.94. The van der Waals surface area contributed by atoms with Gasteiger partial charge in [0.05, 0.1) is 0 Å². The lowest BCUT2D eigenvalue weighted by atomic mass is 9.88. The summed E-state index contributed by atoms with van der Waals surface area (Å²) in [5, 5.41) is 9.04. The number of rotatable bonds is 4. The van der Waals surface area contributed by atoms with Gasteiger partial charge in [-0.2, -0.15) is 0 Å². The maximum atomic E-state index is 4.89. The van der Waals surface area contributed by atoms with Gasteiger partial charge in [-0.1, -0.05) is 6.07 Å². The average molecular weight is 464 g/mol. The van der Waals surface area contributed by atoms with Gasteiger partial charge in [-0.05, 0) is 71.5 Å². The second kappa shape index (κ2) is 9.97. The molecule has 1 saturated heterocycles. The molecule has 2 unspecified atom stereocenters. The van der Waals surface area contributed by atoms with Gasteiger partial charge in [-0.3, -0.25) is 9.89 Å². The van der Waals surface area contributed by atoms with Gasteiger partial charge in [0.2, 0.25) is 0 Å². The molecule has 4 nitrogen and oxygen atoms in total. The maximum Gasteiger partial charge on any atom is 0.191 e. The highest BCUT2D eigenvalue weighted by molar-refractivity contribution is 14.0. The summed E-state index contributed by atoms with van der Waals surface area (Å²) < 4.78 is 0. The van der Waals surface area contributed by atoms with Crippen molar-refractivity contribution in [3.8, 4) is 0 Å². The second-order valence-corrected chi connectivity index (χ2v) is 8.42. The van der Waals surface area contributed by atoms with E-state index in [1.165, 1.54) is 24.3 Å². The standard InChI is InChI=1S/C18H32N4S.HI/c1-6-19-17(21-18(2,3)4)20-13-14-9-7-11-22(5)16(14)15-10-8-12-23-15;/h8,10,12,14,16H,6-7,9,11,13H2,1-5H3,(H2,19,20,21);1H. The summed E-state index contributed by atoms with van der Waals surface area (Å²) >= 11 is 1.87. The van der Waals surface area contributed by atoms with E-state index >= 15 is 0 Å². The molecule has 0 saturated carbocycles. The van der Waals surface area contributed by atoms with Crippen LogP contribution in [0.5, 0.6) is 0 Å². The van der Waals surface area contributed by atoms with Gasteiger partial charge in [-0.15, -0.1) is 35.3 Å². The van der Waals surface area contributed by atoms with Crippen molar-refractivity contribution in [1.82, 2.24) is 15.5 Å². The average Bonchev–Trinajstić information content (AvgIpc) is 2.97. The Morgan fingerprint density at radius 2 is 2.17 bits per heavy atom. The molecule has 0 radical (unpaired) electrons.